The predicted molar refractivity (Wildman–Crippen MR) is 512 cm³/mol. The molecule has 0 unspecified atom stereocenters. The molecule has 0 saturated heterocycles. The summed E-state index contributed by atoms with van der Waals surface area (Å²) in [7, 11) is 0. The molecule has 0 atom stereocenters. The highest BCUT2D eigenvalue weighted by molar-refractivity contribution is 6.32. The fourth-order valence-corrected chi connectivity index (χ4v) is 21.5. The van der Waals surface area contributed by atoms with Gasteiger partial charge in [-0.3, -0.25) is 0 Å². The lowest BCUT2D eigenvalue weighted by atomic mass is 9.79. The Balaban J connectivity index is 0.000000165. The van der Waals surface area contributed by atoms with Crippen molar-refractivity contribution in [1.29, 1.82) is 0 Å². The van der Waals surface area contributed by atoms with Crippen LogP contribution in [0.25, 0.3) is 0 Å². The standard InChI is InChI=1S/4C14H18ClF.4C14H18F2/c2*1-9-3-6-11(7-4-9)12-8-5-10(2)14(16)13(12)15;6*1-9-3-6-11(7-4-9)12-8-5-10(2)13(15)14(12)16/h8*5,8-9,11H,3-4,6-7H2,1-2H3. The maximum Gasteiger partial charge on any atom is 0.162 e. The second-order valence-corrected chi connectivity index (χ2v) is 42.0. The molecule has 16 heteroatoms. The summed E-state index contributed by atoms with van der Waals surface area (Å²) in [4.78, 5) is 0. The fraction of sp³-hybridized carbons (Fsp3) is 0.571. The van der Waals surface area contributed by atoms with Gasteiger partial charge in [-0.1, -0.05) is 302 Å². The summed E-state index contributed by atoms with van der Waals surface area (Å²) < 4.78 is 164. The second kappa shape index (κ2) is 50.4. The normalized spacial score (nSPS) is 25.8. The van der Waals surface area contributed by atoms with E-state index in [9.17, 15) is 52.7 Å². The van der Waals surface area contributed by atoms with E-state index in [0.717, 1.165) is 235 Å². The van der Waals surface area contributed by atoms with Crippen LogP contribution in [0.5, 0.6) is 0 Å². The first-order valence-corrected chi connectivity index (χ1v) is 49.8. The first-order valence-electron chi connectivity index (χ1n) is 48.3. The van der Waals surface area contributed by atoms with Crippen molar-refractivity contribution in [2.24, 2.45) is 47.3 Å². The van der Waals surface area contributed by atoms with Crippen LogP contribution < -0.4 is 0 Å². The Bertz CT molecular complexity index is 3930. The Morgan fingerprint density at radius 3 is 0.438 bits per heavy atom. The molecule has 8 aromatic carbocycles. The van der Waals surface area contributed by atoms with Gasteiger partial charge in [-0.05, 0) is 342 Å². The Morgan fingerprint density at radius 1 is 0.148 bits per heavy atom. The van der Waals surface area contributed by atoms with Crippen molar-refractivity contribution in [2.75, 3.05) is 0 Å². The predicted octanol–water partition coefficient (Wildman–Crippen LogP) is 38.6. The van der Waals surface area contributed by atoms with Crippen LogP contribution in [0.1, 0.15) is 397 Å². The van der Waals surface area contributed by atoms with Crippen molar-refractivity contribution in [2.45, 2.75) is 364 Å². The maximum absolute atomic E-state index is 14.0. The van der Waals surface area contributed by atoms with Crippen LogP contribution in [0.2, 0.25) is 20.1 Å². The number of aryl methyl sites for hydroxylation is 8. The molecule has 128 heavy (non-hydrogen) atoms. The molecule has 704 valence electrons. The van der Waals surface area contributed by atoms with Crippen molar-refractivity contribution in [3.63, 3.8) is 0 Å². The van der Waals surface area contributed by atoms with Gasteiger partial charge in [0.1, 0.15) is 23.3 Å². The smallest absolute Gasteiger partial charge is 0.162 e. The van der Waals surface area contributed by atoms with E-state index in [1.807, 2.05) is 62.4 Å². The van der Waals surface area contributed by atoms with Gasteiger partial charge in [0, 0.05) is 0 Å². The molecule has 0 N–H and O–H groups in total. The molecule has 0 aliphatic heterocycles. The van der Waals surface area contributed by atoms with E-state index in [-0.39, 0.29) is 46.9 Å². The quantitative estimate of drug-likeness (QED) is 0.133. The topological polar surface area (TPSA) is 0 Å². The van der Waals surface area contributed by atoms with E-state index < -0.39 is 46.5 Å². The van der Waals surface area contributed by atoms with Crippen LogP contribution in [0.3, 0.4) is 0 Å². The average Bonchev–Trinajstić information content (AvgIpc) is 0.859. The van der Waals surface area contributed by atoms with Crippen molar-refractivity contribution in [3.8, 4) is 0 Å². The van der Waals surface area contributed by atoms with E-state index in [2.05, 4.69) is 55.4 Å². The molecule has 8 aliphatic carbocycles. The van der Waals surface area contributed by atoms with Crippen LogP contribution >= 0.6 is 46.4 Å². The molecule has 0 heterocycles. The number of hydrogen-bond acceptors (Lipinski definition) is 0. The molecule has 0 bridgehead atoms. The molecule has 8 aliphatic rings. The molecule has 8 saturated carbocycles. The average molecular weight is 1860 g/mol. The Hall–Kier alpha value is -5.92. The molecule has 8 fully saturated rings. The van der Waals surface area contributed by atoms with Gasteiger partial charge in [0.2, 0.25) is 0 Å². The third-order valence-corrected chi connectivity index (χ3v) is 31.8. The minimum absolute atomic E-state index is 0.193. The third-order valence-electron chi connectivity index (χ3n) is 30.1. The number of halogens is 16. The molecule has 0 nitrogen and oxygen atoms in total. The van der Waals surface area contributed by atoms with E-state index in [0.29, 0.717) is 99.4 Å². The molecule has 0 radical (unpaired) electrons. The van der Waals surface area contributed by atoms with Gasteiger partial charge < -0.3 is 0 Å². The lowest BCUT2D eigenvalue weighted by molar-refractivity contribution is 0.339. The number of hydrogen-bond donors (Lipinski definition) is 0. The molecule has 0 spiro atoms. The summed E-state index contributed by atoms with van der Waals surface area (Å²) in [5, 5.41) is 1.30. The Morgan fingerprint density at radius 2 is 0.273 bits per heavy atom. The molecule has 16 rings (SSSR count). The third kappa shape index (κ3) is 29.1. The SMILES string of the molecule is Cc1ccc(C2CCC(C)CC2)c(Cl)c1F.Cc1ccc(C2CCC(C)CC2)c(Cl)c1F.Cc1ccc(C2CCC(C)CC2)c(F)c1Cl.Cc1ccc(C2CCC(C)CC2)c(F)c1Cl.Cc1ccc(C2CCC(C)CC2)c(F)c1F.Cc1ccc(C2CCC(C)CC2)c(F)c1F.Cc1ccc(C2CCC(C)CC2)c(F)c1F.Cc1ccc(C2CCC(C)CC2)c(F)c1F. The van der Waals surface area contributed by atoms with E-state index in [1.165, 1.54) is 51.4 Å². The zero-order valence-electron chi connectivity index (χ0n) is 79.2. The van der Waals surface area contributed by atoms with Gasteiger partial charge in [-0.15, -0.1) is 0 Å². The lowest BCUT2D eigenvalue weighted by Gasteiger charge is -2.27. The van der Waals surface area contributed by atoms with Crippen molar-refractivity contribution in [1.82, 2.24) is 0 Å². The zero-order valence-corrected chi connectivity index (χ0v) is 82.2. The molecule has 8 aromatic rings. The summed E-state index contributed by atoms with van der Waals surface area (Å²) >= 11 is 24.1. The van der Waals surface area contributed by atoms with Crippen LogP contribution in [0.15, 0.2) is 97.1 Å². The summed E-state index contributed by atoms with van der Waals surface area (Å²) in [5.41, 5.74) is 10.5. The minimum atomic E-state index is -0.670. The highest BCUT2D eigenvalue weighted by atomic mass is 35.5. The molecular weight excluding hydrogens is 1720 g/mol. The molecule has 0 aromatic heterocycles. The highest BCUT2D eigenvalue weighted by Crippen LogP contribution is 2.47. The summed E-state index contributed by atoms with van der Waals surface area (Å²) in [6, 6.07) is 29.2. The molecule has 0 amide bonds. The maximum atomic E-state index is 14.0. The first-order chi connectivity index (χ1) is 60.7. The van der Waals surface area contributed by atoms with Crippen LogP contribution in [0, 0.1) is 173 Å². The van der Waals surface area contributed by atoms with E-state index in [4.69, 9.17) is 46.4 Å². The van der Waals surface area contributed by atoms with Crippen LogP contribution in [-0.2, 0) is 0 Å². The van der Waals surface area contributed by atoms with Gasteiger partial charge >= 0.3 is 0 Å². The van der Waals surface area contributed by atoms with Gasteiger partial charge in [-0.25, -0.2) is 52.7 Å². The largest absolute Gasteiger partial charge is 0.205 e. The van der Waals surface area contributed by atoms with Gasteiger partial charge in [0.25, 0.3) is 0 Å². The lowest BCUT2D eigenvalue weighted by Crippen LogP contribution is -2.13. The fourth-order valence-electron chi connectivity index (χ4n) is 20.4. The van der Waals surface area contributed by atoms with Gasteiger partial charge in [0.05, 0.1) is 20.1 Å². The second-order valence-electron chi connectivity index (χ2n) is 40.5. The number of rotatable bonds is 8. The first kappa shape index (κ1) is 106. The summed E-state index contributed by atoms with van der Waals surface area (Å²) in [6.07, 6.45) is 35.6. The van der Waals surface area contributed by atoms with Crippen molar-refractivity contribution < 1.29 is 52.7 Å². The highest BCUT2D eigenvalue weighted by Gasteiger charge is 2.33. The monoisotopic (exact) mass is 1860 g/mol. The van der Waals surface area contributed by atoms with E-state index >= 15 is 0 Å². The zero-order chi connectivity index (χ0) is 93.7. The van der Waals surface area contributed by atoms with Gasteiger partial charge in [0.15, 0.2) is 46.5 Å². The summed E-state index contributed by atoms with van der Waals surface area (Å²) in [6.45, 7) is 31.6. The van der Waals surface area contributed by atoms with Crippen molar-refractivity contribution >= 4 is 46.4 Å². The number of benzene rings is 8. The molecular formula is C112H144Cl4F12. The Labute approximate surface area is 780 Å². The minimum Gasteiger partial charge on any atom is -0.205 e. The van der Waals surface area contributed by atoms with Crippen LogP contribution in [-0.4, -0.2) is 0 Å². The van der Waals surface area contributed by atoms with Crippen molar-refractivity contribution in [3.05, 3.63) is 276 Å². The van der Waals surface area contributed by atoms with E-state index in [1.54, 1.807) is 90.1 Å². The van der Waals surface area contributed by atoms with Gasteiger partial charge in [-0.2, -0.15) is 0 Å². The Kier molecular flexibility index (Phi) is 41.7. The summed E-state index contributed by atoms with van der Waals surface area (Å²) in [5.74, 6) is 2.59. The van der Waals surface area contributed by atoms with Crippen LogP contribution in [0.4, 0.5) is 52.7 Å².